The first kappa shape index (κ1) is 16.8. The van der Waals surface area contributed by atoms with Crippen molar-refractivity contribution in [2.24, 2.45) is 5.92 Å². The maximum atomic E-state index is 12.9. The second-order valence-electron chi connectivity index (χ2n) is 5.50. The summed E-state index contributed by atoms with van der Waals surface area (Å²) >= 11 is 0. The first-order chi connectivity index (χ1) is 10.4. The molecule has 1 heterocycles. The third-order valence-corrected chi connectivity index (χ3v) is 4.25. The molecule has 1 amide bonds. The number of nitrogens with one attached hydrogen (secondary N) is 1. The fourth-order valence-electron chi connectivity index (χ4n) is 3.00. The van der Waals surface area contributed by atoms with E-state index in [0.717, 1.165) is 6.07 Å². The normalized spacial score (nSPS) is 21.9. The summed E-state index contributed by atoms with van der Waals surface area (Å²) in [7, 11) is 0. The summed E-state index contributed by atoms with van der Waals surface area (Å²) in [5.41, 5.74) is -0.0868. The minimum Gasteiger partial charge on any atom is -0.343 e. The lowest BCUT2D eigenvalue weighted by molar-refractivity contribution is -0.137. The first-order valence-electron chi connectivity index (χ1n) is 7.55. The van der Waals surface area contributed by atoms with E-state index in [0.29, 0.717) is 31.7 Å². The van der Waals surface area contributed by atoms with E-state index in [4.69, 9.17) is 0 Å². The zero-order valence-electron chi connectivity index (χ0n) is 12.8. The van der Waals surface area contributed by atoms with Crippen molar-refractivity contribution in [1.82, 2.24) is 10.2 Å². The molecular weight excluding hydrogens is 293 g/mol. The maximum Gasteiger partial charge on any atom is 0.416 e. The molecule has 6 heteroatoms. The number of benzene rings is 1. The molecule has 2 rings (SSSR count). The summed E-state index contributed by atoms with van der Waals surface area (Å²) in [6, 6.07) is 5.32. The second-order valence-corrected chi connectivity index (χ2v) is 5.50. The van der Waals surface area contributed by atoms with E-state index in [2.05, 4.69) is 5.32 Å². The van der Waals surface area contributed by atoms with Crippen molar-refractivity contribution < 1.29 is 18.0 Å². The van der Waals surface area contributed by atoms with Crippen LogP contribution in [0.2, 0.25) is 0 Å². The lowest BCUT2D eigenvalue weighted by Gasteiger charge is -2.26. The Bertz CT molecular complexity index is 526. The van der Waals surface area contributed by atoms with Gasteiger partial charge in [0.15, 0.2) is 0 Å². The van der Waals surface area contributed by atoms with E-state index >= 15 is 0 Å². The lowest BCUT2D eigenvalue weighted by atomic mass is 9.87. The fourth-order valence-corrected chi connectivity index (χ4v) is 3.00. The molecule has 0 bridgehead atoms. The lowest BCUT2D eigenvalue weighted by Crippen LogP contribution is -2.38. The molecule has 0 aliphatic carbocycles. The third-order valence-electron chi connectivity index (χ3n) is 4.25. The average molecular weight is 314 g/mol. The smallest absolute Gasteiger partial charge is 0.343 e. The van der Waals surface area contributed by atoms with Gasteiger partial charge in [-0.3, -0.25) is 4.79 Å². The summed E-state index contributed by atoms with van der Waals surface area (Å²) in [4.78, 5) is 14.3. The Morgan fingerprint density at radius 3 is 2.55 bits per heavy atom. The van der Waals surface area contributed by atoms with Crippen LogP contribution in [0.25, 0.3) is 0 Å². The van der Waals surface area contributed by atoms with Crippen LogP contribution >= 0.6 is 0 Å². The monoisotopic (exact) mass is 314 g/mol. The second kappa shape index (κ2) is 6.69. The highest BCUT2D eigenvalue weighted by molar-refractivity contribution is 5.80. The number of carbonyl (C=O) groups excluding carboxylic acids is 1. The highest BCUT2D eigenvalue weighted by Crippen LogP contribution is 2.34. The van der Waals surface area contributed by atoms with Crippen LogP contribution in [0, 0.1) is 5.92 Å². The van der Waals surface area contributed by atoms with Crippen LogP contribution < -0.4 is 5.32 Å². The molecule has 22 heavy (non-hydrogen) atoms. The number of hydrogen-bond donors (Lipinski definition) is 1. The molecule has 0 spiro atoms. The SMILES string of the molecule is CCN(CC)C(=O)C1CNCC1c1cccc(C(F)(F)F)c1. The van der Waals surface area contributed by atoms with Crippen LogP contribution in [-0.4, -0.2) is 37.0 Å². The van der Waals surface area contributed by atoms with Gasteiger partial charge in [0, 0.05) is 32.1 Å². The minimum absolute atomic E-state index is 0.0115. The highest BCUT2D eigenvalue weighted by Gasteiger charge is 2.37. The van der Waals surface area contributed by atoms with Gasteiger partial charge in [0.05, 0.1) is 11.5 Å². The van der Waals surface area contributed by atoms with Crippen LogP contribution in [0.3, 0.4) is 0 Å². The molecule has 1 aliphatic heterocycles. The average Bonchev–Trinajstić information content (AvgIpc) is 2.97. The number of carbonyl (C=O) groups is 1. The van der Waals surface area contributed by atoms with Gasteiger partial charge < -0.3 is 10.2 Å². The quantitative estimate of drug-likeness (QED) is 0.927. The summed E-state index contributed by atoms with van der Waals surface area (Å²) < 4.78 is 38.6. The van der Waals surface area contributed by atoms with Crippen molar-refractivity contribution in [2.45, 2.75) is 25.9 Å². The molecule has 1 fully saturated rings. The molecule has 2 unspecified atom stereocenters. The molecule has 122 valence electrons. The Morgan fingerprint density at radius 1 is 1.27 bits per heavy atom. The topological polar surface area (TPSA) is 32.3 Å². The number of hydrogen-bond acceptors (Lipinski definition) is 2. The molecule has 0 saturated carbocycles. The van der Waals surface area contributed by atoms with Crippen molar-refractivity contribution in [2.75, 3.05) is 26.2 Å². The summed E-state index contributed by atoms with van der Waals surface area (Å²) in [6.45, 7) is 6.07. The third kappa shape index (κ3) is 3.43. The number of amides is 1. The van der Waals surface area contributed by atoms with Crippen molar-refractivity contribution >= 4 is 5.91 Å². The predicted octanol–water partition coefficient (Wildman–Crippen LogP) is 2.88. The summed E-state index contributed by atoms with van der Waals surface area (Å²) in [5, 5.41) is 3.13. The molecule has 0 aromatic heterocycles. The van der Waals surface area contributed by atoms with Gasteiger partial charge in [-0.15, -0.1) is 0 Å². The van der Waals surface area contributed by atoms with Gasteiger partial charge in [0.1, 0.15) is 0 Å². The van der Waals surface area contributed by atoms with Crippen molar-refractivity contribution in [1.29, 1.82) is 0 Å². The first-order valence-corrected chi connectivity index (χ1v) is 7.55. The molecule has 0 radical (unpaired) electrons. The molecule has 1 saturated heterocycles. The van der Waals surface area contributed by atoms with Crippen LogP contribution in [0.4, 0.5) is 13.2 Å². The minimum atomic E-state index is -4.36. The van der Waals surface area contributed by atoms with Crippen LogP contribution in [0.5, 0.6) is 0 Å². The molecule has 1 aliphatic rings. The Morgan fingerprint density at radius 2 is 1.95 bits per heavy atom. The van der Waals surface area contributed by atoms with Gasteiger partial charge in [-0.2, -0.15) is 13.2 Å². The molecule has 2 atom stereocenters. The van der Waals surface area contributed by atoms with E-state index in [1.165, 1.54) is 12.1 Å². The largest absolute Gasteiger partial charge is 0.416 e. The summed E-state index contributed by atoms with van der Waals surface area (Å²) in [6.07, 6.45) is -4.36. The van der Waals surface area contributed by atoms with Crippen LogP contribution in [-0.2, 0) is 11.0 Å². The fraction of sp³-hybridized carbons (Fsp3) is 0.562. The van der Waals surface area contributed by atoms with Gasteiger partial charge >= 0.3 is 6.18 Å². The zero-order valence-corrected chi connectivity index (χ0v) is 12.8. The van der Waals surface area contributed by atoms with Crippen molar-refractivity contribution in [3.05, 3.63) is 35.4 Å². The Balaban J connectivity index is 2.26. The Kier molecular flexibility index (Phi) is 5.11. The van der Waals surface area contributed by atoms with Gasteiger partial charge in [-0.1, -0.05) is 18.2 Å². The van der Waals surface area contributed by atoms with Crippen molar-refractivity contribution in [3.63, 3.8) is 0 Å². The van der Waals surface area contributed by atoms with Gasteiger partial charge in [-0.25, -0.2) is 0 Å². The van der Waals surface area contributed by atoms with Crippen molar-refractivity contribution in [3.8, 4) is 0 Å². The number of halogens is 3. The highest BCUT2D eigenvalue weighted by atomic mass is 19.4. The molecular formula is C16H21F3N2O. The van der Waals surface area contributed by atoms with E-state index in [9.17, 15) is 18.0 Å². The predicted molar refractivity (Wildman–Crippen MR) is 78.5 cm³/mol. The standard InChI is InChI=1S/C16H21F3N2O/c1-3-21(4-2)15(22)14-10-20-9-13(14)11-6-5-7-12(8-11)16(17,18)19/h5-8,13-14,20H,3-4,9-10H2,1-2H3. The Labute approximate surface area is 128 Å². The molecule has 1 aromatic rings. The van der Waals surface area contributed by atoms with Gasteiger partial charge in [-0.05, 0) is 25.5 Å². The van der Waals surface area contributed by atoms with Gasteiger partial charge in [0.25, 0.3) is 0 Å². The molecule has 1 N–H and O–H groups in total. The number of alkyl halides is 3. The van der Waals surface area contributed by atoms with E-state index < -0.39 is 11.7 Å². The van der Waals surface area contributed by atoms with E-state index in [-0.39, 0.29) is 17.7 Å². The molecule has 1 aromatic carbocycles. The van der Waals surface area contributed by atoms with Gasteiger partial charge in [0.2, 0.25) is 5.91 Å². The Hall–Kier alpha value is -1.56. The summed E-state index contributed by atoms with van der Waals surface area (Å²) in [5.74, 6) is -0.504. The number of rotatable bonds is 4. The van der Waals surface area contributed by atoms with E-state index in [1.54, 1.807) is 11.0 Å². The number of nitrogens with zero attached hydrogens (tertiary/aromatic N) is 1. The van der Waals surface area contributed by atoms with Crippen LogP contribution in [0.15, 0.2) is 24.3 Å². The maximum absolute atomic E-state index is 12.9. The van der Waals surface area contributed by atoms with E-state index in [1.807, 2.05) is 13.8 Å². The van der Waals surface area contributed by atoms with Crippen LogP contribution in [0.1, 0.15) is 30.9 Å². The molecule has 3 nitrogen and oxygen atoms in total. The zero-order chi connectivity index (χ0) is 16.3.